The Bertz CT molecular complexity index is 765. The van der Waals surface area contributed by atoms with Crippen LogP contribution in [0.1, 0.15) is 11.3 Å². The second-order valence-electron chi connectivity index (χ2n) is 5.24. The molecule has 0 unspecified atom stereocenters. The fraction of sp³-hybridized carbons (Fsp3) is 0.211. The molecule has 23 heavy (non-hydrogen) atoms. The molecule has 0 bridgehead atoms. The average molecular weight is 309 g/mol. The molecule has 0 saturated heterocycles. The summed E-state index contributed by atoms with van der Waals surface area (Å²) >= 11 is 0. The third kappa shape index (κ3) is 3.72. The van der Waals surface area contributed by atoms with Gasteiger partial charge in [-0.15, -0.1) is 0 Å². The highest BCUT2D eigenvalue weighted by Gasteiger charge is 2.15. The first-order chi connectivity index (χ1) is 11.3. The molecule has 2 aromatic carbocycles. The molecule has 1 aromatic heterocycles. The van der Waals surface area contributed by atoms with E-state index in [0.717, 1.165) is 17.0 Å². The Kier molecular flexibility index (Phi) is 4.62. The van der Waals surface area contributed by atoms with Crippen molar-refractivity contribution in [2.75, 3.05) is 13.7 Å². The summed E-state index contributed by atoms with van der Waals surface area (Å²) in [6.07, 6.45) is 0.619. The predicted molar refractivity (Wildman–Crippen MR) is 88.9 cm³/mol. The number of hydrogen-bond acceptors (Lipinski definition) is 4. The zero-order chi connectivity index (χ0) is 16.1. The first kappa shape index (κ1) is 15.2. The highest BCUT2D eigenvalue weighted by molar-refractivity contribution is 5.53. The van der Waals surface area contributed by atoms with Crippen LogP contribution in [0.4, 0.5) is 0 Å². The van der Waals surface area contributed by atoms with Gasteiger partial charge in [0, 0.05) is 12.0 Å². The Morgan fingerprint density at radius 1 is 1.04 bits per heavy atom. The fourth-order valence-electron chi connectivity index (χ4n) is 2.33. The summed E-state index contributed by atoms with van der Waals surface area (Å²) < 4.78 is 16.7. The molecule has 0 radical (unpaired) electrons. The lowest BCUT2D eigenvalue weighted by Crippen LogP contribution is -2.03. The van der Waals surface area contributed by atoms with Gasteiger partial charge in [-0.3, -0.25) is 0 Å². The van der Waals surface area contributed by atoms with E-state index in [2.05, 4.69) is 4.98 Å². The van der Waals surface area contributed by atoms with E-state index < -0.39 is 0 Å². The molecule has 0 N–H and O–H groups in total. The number of hydrogen-bond donors (Lipinski definition) is 0. The topological polar surface area (TPSA) is 44.5 Å². The van der Waals surface area contributed by atoms with Gasteiger partial charge in [0.05, 0.1) is 13.7 Å². The minimum Gasteiger partial charge on any atom is -0.493 e. The van der Waals surface area contributed by atoms with Gasteiger partial charge < -0.3 is 13.9 Å². The van der Waals surface area contributed by atoms with Gasteiger partial charge in [-0.2, -0.15) is 0 Å². The van der Waals surface area contributed by atoms with Crippen molar-refractivity contribution >= 4 is 0 Å². The molecule has 0 aliphatic rings. The number of aryl methyl sites for hydroxylation is 1. The van der Waals surface area contributed by atoms with Crippen LogP contribution in [-0.4, -0.2) is 18.7 Å². The van der Waals surface area contributed by atoms with Crippen LogP contribution < -0.4 is 9.47 Å². The van der Waals surface area contributed by atoms with Crippen molar-refractivity contribution in [1.29, 1.82) is 0 Å². The molecule has 3 rings (SSSR count). The minimum atomic E-state index is 0.441. The Balaban J connectivity index is 1.69. The van der Waals surface area contributed by atoms with Gasteiger partial charge in [0.25, 0.3) is 0 Å². The lowest BCUT2D eigenvalue weighted by atomic mass is 10.2. The van der Waals surface area contributed by atoms with Gasteiger partial charge in [0.1, 0.15) is 11.4 Å². The standard InChI is InChI=1S/C19H19NO3/c1-14-7-6-10-16(13-14)22-12-11-17-19(21-2)23-18(20-17)15-8-4-3-5-9-15/h3-10,13H,11-12H2,1-2H3. The molecule has 0 aliphatic carbocycles. The second-order valence-corrected chi connectivity index (χ2v) is 5.24. The molecule has 4 nitrogen and oxygen atoms in total. The first-order valence-electron chi connectivity index (χ1n) is 7.55. The number of rotatable bonds is 6. The number of benzene rings is 2. The molecule has 0 amide bonds. The number of methoxy groups -OCH3 is 1. The third-order valence-corrected chi connectivity index (χ3v) is 3.46. The lowest BCUT2D eigenvalue weighted by molar-refractivity contribution is 0.292. The van der Waals surface area contributed by atoms with Gasteiger partial charge in [-0.25, -0.2) is 4.98 Å². The maximum atomic E-state index is 5.77. The summed E-state index contributed by atoms with van der Waals surface area (Å²) in [6, 6.07) is 17.8. The van der Waals surface area contributed by atoms with Gasteiger partial charge in [0.2, 0.25) is 5.89 Å². The van der Waals surface area contributed by atoms with Gasteiger partial charge in [-0.05, 0) is 36.8 Å². The second kappa shape index (κ2) is 7.01. The number of oxazole rings is 1. The van der Waals surface area contributed by atoms with E-state index in [1.54, 1.807) is 7.11 Å². The highest BCUT2D eigenvalue weighted by Crippen LogP contribution is 2.27. The molecule has 1 heterocycles. The van der Waals surface area contributed by atoms with E-state index >= 15 is 0 Å². The van der Waals surface area contributed by atoms with E-state index in [1.165, 1.54) is 5.56 Å². The first-order valence-corrected chi connectivity index (χ1v) is 7.55. The SMILES string of the molecule is COc1oc(-c2ccccc2)nc1CCOc1cccc(C)c1. The summed E-state index contributed by atoms with van der Waals surface area (Å²) in [6.45, 7) is 2.56. The highest BCUT2D eigenvalue weighted by atomic mass is 16.6. The molecule has 0 atom stereocenters. The fourth-order valence-corrected chi connectivity index (χ4v) is 2.33. The Morgan fingerprint density at radius 2 is 1.87 bits per heavy atom. The molecule has 3 aromatic rings. The number of nitrogens with zero attached hydrogens (tertiary/aromatic N) is 1. The summed E-state index contributed by atoms with van der Waals surface area (Å²) in [7, 11) is 1.58. The largest absolute Gasteiger partial charge is 0.493 e. The van der Waals surface area contributed by atoms with E-state index in [1.807, 2.05) is 61.5 Å². The Hall–Kier alpha value is -2.75. The van der Waals surface area contributed by atoms with Crippen LogP contribution >= 0.6 is 0 Å². The van der Waals surface area contributed by atoms with Crippen molar-refractivity contribution in [2.45, 2.75) is 13.3 Å². The van der Waals surface area contributed by atoms with Crippen LogP contribution in [0.25, 0.3) is 11.5 Å². The van der Waals surface area contributed by atoms with E-state index in [9.17, 15) is 0 Å². The van der Waals surface area contributed by atoms with Gasteiger partial charge >= 0.3 is 5.95 Å². The van der Waals surface area contributed by atoms with Crippen LogP contribution in [0.5, 0.6) is 11.7 Å². The van der Waals surface area contributed by atoms with Crippen LogP contribution in [0, 0.1) is 6.92 Å². The average Bonchev–Trinajstić information content (AvgIpc) is 2.99. The third-order valence-electron chi connectivity index (χ3n) is 3.46. The summed E-state index contributed by atoms with van der Waals surface area (Å²) in [5, 5.41) is 0. The molecule has 0 fully saturated rings. The van der Waals surface area contributed by atoms with Crippen LogP contribution in [0.3, 0.4) is 0 Å². The van der Waals surface area contributed by atoms with E-state index in [0.29, 0.717) is 24.9 Å². The molecular weight excluding hydrogens is 290 g/mol. The van der Waals surface area contributed by atoms with Crippen molar-refractivity contribution in [3.8, 4) is 23.1 Å². The smallest absolute Gasteiger partial charge is 0.308 e. The quantitative estimate of drug-likeness (QED) is 0.681. The van der Waals surface area contributed by atoms with Crippen LogP contribution in [-0.2, 0) is 6.42 Å². The van der Waals surface area contributed by atoms with E-state index in [-0.39, 0.29) is 0 Å². The number of aromatic nitrogens is 1. The monoisotopic (exact) mass is 309 g/mol. The summed E-state index contributed by atoms with van der Waals surface area (Å²) in [4.78, 5) is 4.53. The maximum Gasteiger partial charge on any atom is 0.308 e. The molecule has 0 saturated carbocycles. The van der Waals surface area contributed by atoms with Crippen molar-refractivity contribution in [3.05, 3.63) is 65.9 Å². The van der Waals surface area contributed by atoms with Crippen molar-refractivity contribution in [2.24, 2.45) is 0 Å². The van der Waals surface area contributed by atoms with Crippen molar-refractivity contribution < 1.29 is 13.9 Å². The summed E-state index contributed by atoms with van der Waals surface area (Å²) in [5.41, 5.74) is 2.86. The van der Waals surface area contributed by atoms with Crippen molar-refractivity contribution in [1.82, 2.24) is 4.98 Å². The maximum absolute atomic E-state index is 5.77. The van der Waals surface area contributed by atoms with Gasteiger partial charge in [-0.1, -0.05) is 30.3 Å². The molecule has 118 valence electrons. The zero-order valence-electron chi connectivity index (χ0n) is 13.3. The normalized spacial score (nSPS) is 10.5. The Labute approximate surface area is 135 Å². The molecular formula is C19H19NO3. The predicted octanol–water partition coefficient (Wildman–Crippen LogP) is 4.28. The van der Waals surface area contributed by atoms with Gasteiger partial charge in [0.15, 0.2) is 0 Å². The van der Waals surface area contributed by atoms with E-state index in [4.69, 9.17) is 13.9 Å². The lowest BCUT2D eigenvalue weighted by Gasteiger charge is -2.05. The molecule has 4 heteroatoms. The Morgan fingerprint density at radius 3 is 2.61 bits per heavy atom. The number of ether oxygens (including phenoxy) is 2. The van der Waals surface area contributed by atoms with Crippen molar-refractivity contribution in [3.63, 3.8) is 0 Å². The molecule has 0 aliphatic heterocycles. The van der Waals surface area contributed by atoms with Crippen LogP contribution in [0.15, 0.2) is 59.0 Å². The van der Waals surface area contributed by atoms with Crippen LogP contribution in [0.2, 0.25) is 0 Å². The minimum absolute atomic E-state index is 0.441. The summed E-state index contributed by atoms with van der Waals surface area (Å²) in [5.74, 6) is 1.86. The zero-order valence-corrected chi connectivity index (χ0v) is 13.3. The molecule has 0 spiro atoms.